The molecule has 7 heteroatoms. The second-order valence-electron chi connectivity index (χ2n) is 3.31. The zero-order valence-electron chi connectivity index (χ0n) is 9.28. The number of nitrogens with zero attached hydrogens (tertiary/aromatic N) is 4. The Morgan fingerprint density at radius 1 is 1.47 bits per heavy atom. The minimum absolute atomic E-state index is 0.0265. The van der Waals surface area contributed by atoms with Gasteiger partial charge in [0.2, 0.25) is 11.6 Å². The van der Waals surface area contributed by atoms with Crippen molar-refractivity contribution in [3.63, 3.8) is 0 Å². The average molecular weight is 234 g/mol. The predicted octanol–water partition coefficient (Wildman–Crippen LogP) is 0.678. The number of carbonyl (C=O) groups is 1. The molecule has 0 saturated carbocycles. The largest absolute Gasteiger partial charge is 0.479 e. The molecule has 1 N–H and O–H groups in total. The number of aromatic nitrogens is 4. The van der Waals surface area contributed by atoms with Crippen LogP contribution in [0.1, 0.15) is 16.2 Å². The summed E-state index contributed by atoms with van der Waals surface area (Å²) in [6.45, 7) is 1.84. The van der Waals surface area contributed by atoms with Gasteiger partial charge in [-0.3, -0.25) is 4.57 Å². The Bertz CT molecular complexity index is 564. The first-order valence-corrected chi connectivity index (χ1v) is 4.77. The van der Waals surface area contributed by atoms with Crippen LogP contribution in [0.5, 0.6) is 5.88 Å². The van der Waals surface area contributed by atoms with Crippen LogP contribution in [0.15, 0.2) is 18.7 Å². The zero-order valence-corrected chi connectivity index (χ0v) is 9.28. The number of aryl methyl sites for hydroxylation is 1. The molecule has 0 aromatic carbocycles. The highest BCUT2D eigenvalue weighted by atomic mass is 16.5. The molecule has 0 unspecified atom stereocenters. The van der Waals surface area contributed by atoms with Crippen LogP contribution in [0.2, 0.25) is 0 Å². The van der Waals surface area contributed by atoms with E-state index < -0.39 is 5.97 Å². The minimum atomic E-state index is -1.18. The summed E-state index contributed by atoms with van der Waals surface area (Å²) >= 11 is 0. The summed E-state index contributed by atoms with van der Waals surface area (Å²) in [6.07, 6.45) is 4.68. The van der Waals surface area contributed by atoms with Crippen LogP contribution in [0, 0.1) is 6.92 Å². The lowest BCUT2D eigenvalue weighted by Crippen LogP contribution is -2.08. The van der Waals surface area contributed by atoms with Crippen molar-refractivity contribution in [1.82, 2.24) is 19.5 Å². The van der Waals surface area contributed by atoms with Gasteiger partial charge in [0.1, 0.15) is 6.33 Å². The van der Waals surface area contributed by atoms with Crippen LogP contribution in [-0.2, 0) is 0 Å². The monoisotopic (exact) mass is 234 g/mol. The highest BCUT2D eigenvalue weighted by molar-refractivity contribution is 5.87. The number of carboxylic acids is 1. The summed E-state index contributed by atoms with van der Waals surface area (Å²) in [5, 5.41) is 8.86. The van der Waals surface area contributed by atoms with E-state index in [1.807, 2.05) is 6.92 Å². The van der Waals surface area contributed by atoms with Crippen LogP contribution in [0.25, 0.3) is 5.82 Å². The lowest BCUT2D eigenvalue weighted by Gasteiger charge is -2.05. The topological polar surface area (TPSA) is 90.1 Å². The smallest absolute Gasteiger partial charge is 0.360 e. The minimum Gasteiger partial charge on any atom is -0.479 e. The van der Waals surface area contributed by atoms with E-state index in [0.29, 0.717) is 5.82 Å². The maximum atomic E-state index is 10.8. The van der Waals surface area contributed by atoms with Gasteiger partial charge in [-0.15, -0.1) is 0 Å². The lowest BCUT2D eigenvalue weighted by atomic mass is 10.4. The van der Waals surface area contributed by atoms with E-state index in [9.17, 15) is 4.79 Å². The molecule has 2 aromatic heterocycles. The maximum absolute atomic E-state index is 10.8. The van der Waals surface area contributed by atoms with E-state index in [1.165, 1.54) is 13.3 Å². The molecular weight excluding hydrogens is 224 g/mol. The van der Waals surface area contributed by atoms with Gasteiger partial charge in [-0.05, 0) is 6.92 Å². The second-order valence-corrected chi connectivity index (χ2v) is 3.31. The molecule has 2 heterocycles. The van der Waals surface area contributed by atoms with Gasteiger partial charge < -0.3 is 9.84 Å². The summed E-state index contributed by atoms with van der Waals surface area (Å²) < 4.78 is 6.52. The van der Waals surface area contributed by atoms with Gasteiger partial charge in [-0.25, -0.2) is 14.8 Å². The number of imidazole rings is 1. The Hall–Kier alpha value is -2.44. The molecule has 2 aromatic rings. The average Bonchev–Trinajstić information content (AvgIpc) is 2.75. The Balaban J connectivity index is 2.48. The van der Waals surface area contributed by atoms with Crippen LogP contribution >= 0.6 is 0 Å². The number of ether oxygens (including phenoxy) is 1. The molecule has 0 saturated heterocycles. The molecule has 0 radical (unpaired) electrons. The van der Waals surface area contributed by atoms with E-state index in [2.05, 4.69) is 15.0 Å². The number of hydrogen-bond donors (Lipinski definition) is 1. The Morgan fingerprint density at radius 2 is 2.24 bits per heavy atom. The molecule has 0 spiro atoms. The summed E-state index contributed by atoms with van der Waals surface area (Å²) in [7, 11) is 1.35. The van der Waals surface area contributed by atoms with E-state index in [0.717, 1.165) is 5.69 Å². The third-order valence-electron chi connectivity index (χ3n) is 2.10. The van der Waals surface area contributed by atoms with Crippen molar-refractivity contribution in [2.75, 3.05) is 7.11 Å². The SMILES string of the molecule is COc1nc(-n2cnc(C)c2)cnc1C(=O)O. The van der Waals surface area contributed by atoms with Gasteiger partial charge in [-0.1, -0.05) is 0 Å². The van der Waals surface area contributed by atoms with E-state index in [4.69, 9.17) is 9.84 Å². The molecule has 88 valence electrons. The fourth-order valence-corrected chi connectivity index (χ4v) is 1.32. The first-order chi connectivity index (χ1) is 8.11. The second kappa shape index (κ2) is 4.20. The lowest BCUT2D eigenvalue weighted by molar-refractivity contribution is 0.0685. The van der Waals surface area contributed by atoms with Crippen molar-refractivity contribution < 1.29 is 14.6 Å². The first-order valence-electron chi connectivity index (χ1n) is 4.77. The molecule has 0 bridgehead atoms. The van der Waals surface area contributed by atoms with Crippen LogP contribution < -0.4 is 4.74 Å². The maximum Gasteiger partial charge on any atom is 0.360 e. The molecule has 2 rings (SSSR count). The summed E-state index contributed by atoms with van der Waals surface area (Å²) in [6, 6.07) is 0. The standard InChI is InChI=1S/C10H10N4O3/c1-6-4-14(5-12-6)7-3-11-8(10(15)16)9(13-7)17-2/h3-5H,1-2H3,(H,15,16). The molecule has 7 nitrogen and oxygen atoms in total. The highest BCUT2D eigenvalue weighted by Crippen LogP contribution is 2.15. The summed E-state index contributed by atoms with van der Waals surface area (Å²) in [5.74, 6) is -0.753. The third-order valence-corrected chi connectivity index (χ3v) is 2.10. The fraction of sp³-hybridized carbons (Fsp3) is 0.200. The normalized spacial score (nSPS) is 10.2. The Kier molecular flexibility index (Phi) is 2.73. The first kappa shape index (κ1) is 11.1. The number of carboxylic acid groups (broad SMARTS) is 1. The summed E-state index contributed by atoms with van der Waals surface area (Å²) in [4.78, 5) is 22.7. The van der Waals surface area contributed by atoms with Gasteiger partial charge in [-0.2, -0.15) is 4.98 Å². The van der Waals surface area contributed by atoms with Gasteiger partial charge >= 0.3 is 5.97 Å². The van der Waals surface area contributed by atoms with Crippen molar-refractivity contribution in [2.45, 2.75) is 6.92 Å². The predicted molar refractivity (Wildman–Crippen MR) is 57.4 cm³/mol. The van der Waals surface area contributed by atoms with Crippen molar-refractivity contribution >= 4 is 5.97 Å². The van der Waals surface area contributed by atoms with E-state index >= 15 is 0 Å². The Labute approximate surface area is 96.7 Å². The fourth-order valence-electron chi connectivity index (χ4n) is 1.32. The molecule has 0 aliphatic rings. The van der Waals surface area contributed by atoms with Crippen LogP contribution in [0.4, 0.5) is 0 Å². The molecule has 0 aliphatic heterocycles. The van der Waals surface area contributed by atoms with Gasteiger partial charge in [0.05, 0.1) is 19.0 Å². The van der Waals surface area contributed by atoms with Gasteiger partial charge in [0.25, 0.3) is 0 Å². The molecule has 0 fully saturated rings. The molecular formula is C10H10N4O3. The van der Waals surface area contributed by atoms with Crippen LogP contribution in [0.3, 0.4) is 0 Å². The summed E-state index contributed by atoms with van der Waals surface area (Å²) in [5.41, 5.74) is 0.612. The van der Waals surface area contributed by atoms with Crippen molar-refractivity contribution in [2.24, 2.45) is 0 Å². The molecule has 0 amide bonds. The van der Waals surface area contributed by atoms with E-state index in [-0.39, 0.29) is 11.6 Å². The Morgan fingerprint density at radius 3 is 2.76 bits per heavy atom. The van der Waals surface area contributed by atoms with Crippen molar-refractivity contribution in [3.05, 3.63) is 30.1 Å². The third kappa shape index (κ3) is 2.07. The zero-order chi connectivity index (χ0) is 12.4. The van der Waals surface area contributed by atoms with E-state index in [1.54, 1.807) is 17.1 Å². The number of rotatable bonds is 3. The number of aromatic carboxylic acids is 1. The molecule has 17 heavy (non-hydrogen) atoms. The molecule has 0 aliphatic carbocycles. The highest BCUT2D eigenvalue weighted by Gasteiger charge is 2.15. The van der Waals surface area contributed by atoms with Gasteiger partial charge in [0, 0.05) is 6.20 Å². The van der Waals surface area contributed by atoms with Crippen LogP contribution in [-0.4, -0.2) is 37.7 Å². The van der Waals surface area contributed by atoms with Gasteiger partial charge in [0.15, 0.2) is 5.82 Å². The number of hydrogen-bond acceptors (Lipinski definition) is 5. The molecule has 0 atom stereocenters. The van der Waals surface area contributed by atoms with Crippen molar-refractivity contribution in [3.8, 4) is 11.7 Å². The number of methoxy groups -OCH3 is 1. The quantitative estimate of drug-likeness (QED) is 0.839. The van der Waals surface area contributed by atoms with Crippen molar-refractivity contribution in [1.29, 1.82) is 0 Å².